The summed E-state index contributed by atoms with van der Waals surface area (Å²) in [4.78, 5) is 0. The summed E-state index contributed by atoms with van der Waals surface area (Å²) in [7, 11) is 0. The molecule has 0 aliphatic heterocycles. The third-order valence-electron chi connectivity index (χ3n) is 6.31. The Morgan fingerprint density at radius 3 is 2.38 bits per heavy atom. The zero-order chi connectivity index (χ0) is 15.7. The van der Waals surface area contributed by atoms with E-state index in [0.717, 1.165) is 25.7 Å². The van der Waals surface area contributed by atoms with Crippen LogP contribution in [0.3, 0.4) is 0 Å². The largest absolute Gasteiger partial charge is 0.390 e. The van der Waals surface area contributed by atoms with Crippen molar-refractivity contribution < 1.29 is 5.11 Å². The normalized spacial score (nSPS) is 42.8. The molecular formula is C20H34O. The van der Waals surface area contributed by atoms with E-state index in [1.54, 1.807) is 0 Å². The summed E-state index contributed by atoms with van der Waals surface area (Å²) in [5.74, 6) is 1.11. The van der Waals surface area contributed by atoms with Crippen LogP contribution in [0.15, 0.2) is 23.3 Å². The Morgan fingerprint density at radius 1 is 1.00 bits per heavy atom. The first kappa shape index (κ1) is 16.8. The van der Waals surface area contributed by atoms with Crippen molar-refractivity contribution in [2.75, 3.05) is 0 Å². The molecule has 3 atom stereocenters. The average Bonchev–Trinajstić information content (AvgIpc) is 2.35. The molecule has 1 heteroatoms. The lowest BCUT2D eigenvalue weighted by Crippen LogP contribution is -2.51. The first-order chi connectivity index (χ1) is 9.73. The Hall–Kier alpha value is -0.560. The SMILES string of the molecule is C/C1=C/C[C@@H]2CC[C@@](C)(O)[C@@H](CC/C(C)=C\CC1)C2(C)C. The van der Waals surface area contributed by atoms with Crippen molar-refractivity contribution in [2.45, 2.75) is 85.2 Å². The Kier molecular flexibility index (Phi) is 5.03. The van der Waals surface area contributed by atoms with Crippen LogP contribution < -0.4 is 0 Å². The minimum Gasteiger partial charge on any atom is -0.390 e. The number of rotatable bonds is 0. The molecule has 2 rings (SSSR count). The summed E-state index contributed by atoms with van der Waals surface area (Å²) < 4.78 is 0. The second-order valence-corrected chi connectivity index (χ2v) is 8.38. The lowest BCUT2D eigenvalue weighted by Gasteiger charge is -2.53. The van der Waals surface area contributed by atoms with Crippen molar-refractivity contribution in [1.29, 1.82) is 0 Å². The highest BCUT2D eigenvalue weighted by Gasteiger charge is 2.49. The number of hydrogen-bond acceptors (Lipinski definition) is 1. The van der Waals surface area contributed by atoms with E-state index in [0.29, 0.717) is 11.8 Å². The van der Waals surface area contributed by atoms with Gasteiger partial charge in [0.05, 0.1) is 5.60 Å². The minimum atomic E-state index is -0.497. The fourth-order valence-electron chi connectivity index (χ4n) is 4.67. The molecule has 1 nitrogen and oxygen atoms in total. The van der Waals surface area contributed by atoms with Crippen molar-refractivity contribution in [3.8, 4) is 0 Å². The average molecular weight is 290 g/mol. The molecule has 0 aromatic carbocycles. The Bertz CT molecular complexity index is 425. The van der Waals surface area contributed by atoms with Crippen LogP contribution in [0.25, 0.3) is 0 Å². The van der Waals surface area contributed by atoms with E-state index in [4.69, 9.17) is 0 Å². The van der Waals surface area contributed by atoms with Gasteiger partial charge in [-0.1, -0.05) is 37.1 Å². The molecule has 0 saturated heterocycles. The lowest BCUT2D eigenvalue weighted by atomic mass is 9.54. The van der Waals surface area contributed by atoms with Crippen LogP contribution in [-0.4, -0.2) is 10.7 Å². The second-order valence-electron chi connectivity index (χ2n) is 8.38. The quantitative estimate of drug-likeness (QED) is 0.572. The summed E-state index contributed by atoms with van der Waals surface area (Å²) >= 11 is 0. The van der Waals surface area contributed by atoms with Crippen molar-refractivity contribution >= 4 is 0 Å². The molecule has 1 N–H and O–H groups in total. The number of fused-ring (bicyclic) bond motifs is 2. The molecule has 0 aromatic rings. The highest BCUT2D eigenvalue weighted by atomic mass is 16.3. The fraction of sp³-hybridized carbons (Fsp3) is 0.800. The topological polar surface area (TPSA) is 20.2 Å². The molecular weight excluding hydrogens is 256 g/mol. The van der Waals surface area contributed by atoms with Gasteiger partial charge >= 0.3 is 0 Å². The fourth-order valence-corrected chi connectivity index (χ4v) is 4.67. The molecule has 2 aliphatic carbocycles. The van der Waals surface area contributed by atoms with Gasteiger partial charge in [0, 0.05) is 0 Å². The number of aliphatic hydroxyl groups is 1. The van der Waals surface area contributed by atoms with E-state index in [9.17, 15) is 5.11 Å². The van der Waals surface area contributed by atoms with Crippen LogP contribution in [0.5, 0.6) is 0 Å². The van der Waals surface area contributed by atoms with Crippen LogP contribution in [0.2, 0.25) is 0 Å². The van der Waals surface area contributed by atoms with Crippen molar-refractivity contribution in [1.82, 2.24) is 0 Å². The van der Waals surface area contributed by atoms with Crippen LogP contribution in [-0.2, 0) is 0 Å². The van der Waals surface area contributed by atoms with Crippen molar-refractivity contribution in [3.63, 3.8) is 0 Å². The van der Waals surface area contributed by atoms with Gasteiger partial charge in [0.25, 0.3) is 0 Å². The van der Waals surface area contributed by atoms with E-state index in [-0.39, 0.29) is 5.41 Å². The van der Waals surface area contributed by atoms with Gasteiger partial charge in [0.1, 0.15) is 0 Å². The van der Waals surface area contributed by atoms with Crippen LogP contribution in [0.1, 0.15) is 79.6 Å². The highest BCUT2D eigenvalue weighted by Crippen LogP contribution is 2.53. The third-order valence-corrected chi connectivity index (χ3v) is 6.31. The third kappa shape index (κ3) is 3.80. The monoisotopic (exact) mass is 290 g/mol. The molecule has 0 heterocycles. The van der Waals surface area contributed by atoms with Gasteiger partial charge in [-0.25, -0.2) is 0 Å². The predicted molar refractivity (Wildman–Crippen MR) is 91.2 cm³/mol. The zero-order valence-corrected chi connectivity index (χ0v) is 14.7. The number of hydrogen-bond donors (Lipinski definition) is 1. The van der Waals surface area contributed by atoms with Gasteiger partial charge in [-0.05, 0) is 83.0 Å². The first-order valence-corrected chi connectivity index (χ1v) is 8.77. The van der Waals surface area contributed by atoms with Crippen molar-refractivity contribution in [2.24, 2.45) is 17.3 Å². The molecule has 0 aromatic heterocycles. The maximum Gasteiger partial charge on any atom is 0.0653 e. The smallest absolute Gasteiger partial charge is 0.0653 e. The van der Waals surface area contributed by atoms with Crippen molar-refractivity contribution in [3.05, 3.63) is 23.3 Å². The molecule has 120 valence electrons. The van der Waals surface area contributed by atoms with Gasteiger partial charge in [-0.3, -0.25) is 0 Å². The summed E-state index contributed by atoms with van der Waals surface area (Å²) in [6, 6.07) is 0. The Balaban J connectivity index is 2.30. The molecule has 0 spiro atoms. The van der Waals surface area contributed by atoms with E-state index in [1.807, 2.05) is 0 Å². The first-order valence-electron chi connectivity index (χ1n) is 8.77. The summed E-state index contributed by atoms with van der Waals surface area (Å²) in [6.07, 6.45) is 12.8. The van der Waals surface area contributed by atoms with E-state index in [2.05, 4.69) is 46.8 Å². The van der Waals surface area contributed by atoms with Gasteiger partial charge in [-0.15, -0.1) is 0 Å². The van der Waals surface area contributed by atoms with Gasteiger partial charge in [0.15, 0.2) is 0 Å². The van der Waals surface area contributed by atoms with E-state index < -0.39 is 5.60 Å². The Labute approximate surface area is 131 Å². The van der Waals surface area contributed by atoms with Gasteiger partial charge in [0.2, 0.25) is 0 Å². The second kappa shape index (κ2) is 6.28. The van der Waals surface area contributed by atoms with E-state index >= 15 is 0 Å². The zero-order valence-electron chi connectivity index (χ0n) is 14.7. The summed E-state index contributed by atoms with van der Waals surface area (Å²) in [5, 5.41) is 10.9. The van der Waals surface area contributed by atoms with Crippen LogP contribution in [0.4, 0.5) is 0 Å². The maximum absolute atomic E-state index is 10.9. The van der Waals surface area contributed by atoms with Crippen LogP contribution in [0, 0.1) is 17.3 Å². The summed E-state index contributed by atoms with van der Waals surface area (Å²) in [5.41, 5.74) is 2.75. The lowest BCUT2D eigenvalue weighted by molar-refractivity contribution is -0.118. The highest BCUT2D eigenvalue weighted by molar-refractivity contribution is 5.09. The molecule has 1 fully saturated rings. The van der Waals surface area contributed by atoms with Gasteiger partial charge in [-0.2, -0.15) is 0 Å². The molecule has 1 saturated carbocycles. The summed E-state index contributed by atoms with van der Waals surface area (Å²) in [6.45, 7) is 11.4. The molecule has 0 unspecified atom stereocenters. The molecule has 2 bridgehead atoms. The van der Waals surface area contributed by atoms with Gasteiger partial charge < -0.3 is 5.11 Å². The Morgan fingerprint density at radius 2 is 1.67 bits per heavy atom. The van der Waals surface area contributed by atoms with Crippen LogP contribution >= 0.6 is 0 Å². The molecule has 2 aliphatic rings. The van der Waals surface area contributed by atoms with E-state index in [1.165, 1.54) is 30.4 Å². The minimum absolute atomic E-state index is 0.220. The molecule has 0 radical (unpaired) electrons. The predicted octanol–water partition coefficient (Wildman–Crippen LogP) is 5.65. The number of allylic oxidation sites excluding steroid dienone is 4. The molecule has 0 amide bonds. The standard InChI is InChI=1S/C20H34O/c1-15-7-6-8-16(2)10-12-18-19(3,4)17(11-9-15)13-14-20(18,5)21/h8-9,17-18,21H,6-7,10-14H2,1-5H3/b15-9-,16-8-/t17-,18+,20-/m1/s1. The maximum atomic E-state index is 10.9. The molecule has 21 heavy (non-hydrogen) atoms.